The van der Waals surface area contributed by atoms with Gasteiger partial charge in [-0.2, -0.15) is 0 Å². The Morgan fingerprint density at radius 3 is 2.31 bits per heavy atom. The number of rotatable bonds is 7. The highest BCUT2D eigenvalue weighted by Gasteiger charge is 2.19. The molecule has 0 spiro atoms. The second kappa shape index (κ2) is 10.2. The normalized spacial score (nSPS) is 10.6. The van der Waals surface area contributed by atoms with Crippen molar-refractivity contribution in [3.8, 4) is 17.2 Å². The fraction of sp³-hybridized carbons (Fsp3) is 0.167. The monoisotopic (exact) mass is 561 g/mol. The van der Waals surface area contributed by atoms with Crippen molar-refractivity contribution in [2.24, 2.45) is 0 Å². The van der Waals surface area contributed by atoms with E-state index in [1.165, 1.54) is 17.0 Å². The lowest BCUT2D eigenvalue weighted by Crippen LogP contribution is -2.26. The van der Waals surface area contributed by atoms with Crippen molar-refractivity contribution in [2.45, 2.75) is 19.9 Å². The van der Waals surface area contributed by atoms with Crippen LogP contribution in [0.3, 0.4) is 0 Å². The largest absolute Gasteiger partial charge is 0.507 e. The summed E-state index contributed by atoms with van der Waals surface area (Å²) in [7, 11) is 1.67. The van der Waals surface area contributed by atoms with Crippen LogP contribution in [0.1, 0.15) is 27.0 Å². The number of carbonyl (C=O) groups is 2. The van der Waals surface area contributed by atoms with Crippen molar-refractivity contribution in [1.29, 1.82) is 0 Å². The summed E-state index contributed by atoms with van der Waals surface area (Å²) in [6, 6.07) is 15.6. The first kappa shape index (κ1) is 23.8. The van der Waals surface area contributed by atoms with Crippen LogP contribution in [-0.4, -0.2) is 34.0 Å². The highest BCUT2D eigenvalue weighted by Crippen LogP contribution is 2.39. The van der Waals surface area contributed by atoms with Gasteiger partial charge in [-0.3, -0.25) is 9.59 Å². The molecule has 0 saturated heterocycles. The third-order valence-corrected chi connectivity index (χ3v) is 5.86. The van der Waals surface area contributed by atoms with Crippen molar-refractivity contribution in [1.82, 2.24) is 4.90 Å². The molecule has 8 heteroatoms. The van der Waals surface area contributed by atoms with Gasteiger partial charge in [0.05, 0.1) is 20.9 Å². The molecule has 0 aromatic heterocycles. The number of halogens is 2. The Hall–Kier alpha value is -2.84. The summed E-state index contributed by atoms with van der Waals surface area (Å²) >= 11 is 6.80. The lowest BCUT2D eigenvalue weighted by Gasteiger charge is -2.19. The predicted molar refractivity (Wildman–Crippen MR) is 128 cm³/mol. The summed E-state index contributed by atoms with van der Waals surface area (Å²) in [5.74, 6) is -0.648. The Bertz CT molecular complexity index is 1160. The number of aromatic hydroxyl groups is 1. The van der Waals surface area contributed by atoms with Crippen LogP contribution in [0.25, 0.3) is 0 Å². The van der Waals surface area contributed by atoms with Gasteiger partial charge in [0.1, 0.15) is 11.5 Å². The molecule has 3 aromatic carbocycles. The minimum absolute atomic E-state index is 0.118. The minimum atomic E-state index is -0.936. The smallest absolute Gasteiger partial charge is 0.307 e. The Morgan fingerprint density at radius 2 is 1.69 bits per heavy atom. The molecule has 0 aliphatic carbocycles. The van der Waals surface area contributed by atoms with Crippen molar-refractivity contribution in [3.05, 3.63) is 85.8 Å². The van der Waals surface area contributed by atoms with Gasteiger partial charge in [-0.25, -0.2) is 0 Å². The van der Waals surface area contributed by atoms with Gasteiger partial charge in [0.15, 0.2) is 5.75 Å². The number of benzene rings is 3. The Labute approximate surface area is 202 Å². The molecule has 3 aromatic rings. The Kier molecular flexibility index (Phi) is 7.58. The van der Waals surface area contributed by atoms with Gasteiger partial charge < -0.3 is 19.8 Å². The van der Waals surface area contributed by atoms with Crippen LogP contribution in [0.2, 0.25) is 0 Å². The van der Waals surface area contributed by atoms with Gasteiger partial charge >= 0.3 is 5.97 Å². The summed E-state index contributed by atoms with van der Waals surface area (Å²) in [4.78, 5) is 25.5. The van der Waals surface area contributed by atoms with Crippen LogP contribution in [0.15, 0.2) is 63.5 Å². The Balaban J connectivity index is 1.82. The van der Waals surface area contributed by atoms with Gasteiger partial charge in [0.25, 0.3) is 5.91 Å². The molecule has 0 aliphatic rings. The zero-order valence-electron chi connectivity index (χ0n) is 17.4. The van der Waals surface area contributed by atoms with Crippen LogP contribution in [-0.2, 0) is 17.8 Å². The molecule has 0 radical (unpaired) electrons. The molecule has 0 fully saturated rings. The van der Waals surface area contributed by atoms with Gasteiger partial charge in [-0.15, -0.1) is 0 Å². The van der Waals surface area contributed by atoms with E-state index in [0.29, 0.717) is 32.6 Å². The maximum atomic E-state index is 13.0. The maximum Gasteiger partial charge on any atom is 0.307 e. The van der Waals surface area contributed by atoms with Gasteiger partial charge in [0.2, 0.25) is 0 Å². The van der Waals surface area contributed by atoms with Crippen molar-refractivity contribution >= 4 is 43.7 Å². The lowest BCUT2D eigenvalue weighted by molar-refractivity contribution is -0.136. The third kappa shape index (κ3) is 5.89. The molecule has 32 heavy (non-hydrogen) atoms. The summed E-state index contributed by atoms with van der Waals surface area (Å²) in [6.45, 7) is 2.38. The molecule has 0 atom stereocenters. The molecule has 0 heterocycles. The number of phenols is 1. The minimum Gasteiger partial charge on any atom is -0.507 e. The number of carboxylic acid groups (broad SMARTS) is 1. The molecule has 6 nitrogen and oxygen atoms in total. The molecular weight excluding hydrogens is 542 g/mol. The SMILES string of the molecule is Cc1cccc(CN(C)C(=O)c2cc(Oc3c(Br)cc(CC(=O)O)cc3Br)ccc2O)c1. The van der Waals surface area contributed by atoms with E-state index >= 15 is 0 Å². The van der Waals surface area contributed by atoms with E-state index in [9.17, 15) is 14.7 Å². The molecule has 0 saturated carbocycles. The van der Waals surface area contributed by atoms with Gasteiger partial charge in [-0.1, -0.05) is 29.8 Å². The van der Waals surface area contributed by atoms with Crippen molar-refractivity contribution in [2.75, 3.05) is 7.05 Å². The number of nitrogens with zero attached hydrogens (tertiary/aromatic N) is 1. The zero-order valence-corrected chi connectivity index (χ0v) is 20.6. The number of hydrogen-bond donors (Lipinski definition) is 2. The standard InChI is InChI=1S/C24H21Br2NO5/c1-14-4-3-5-15(8-14)13-27(2)24(31)18-12-17(6-7-21(18)28)32-23-19(25)9-16(10-20(23)26)11-22(29)30/h3-10,12,28H,11,13H2,1-2H3,(H,29,30). The van der Waals surface area contributed by atoms with Crippen LogP contribution in [0, 0.1) is 6.92 Å². The van der Waals surface area contributed by atoms with Crippen LogP contribution in [0.4, 0.5) is 0 Å². The van der Waals surface area contributed by atoms with E-state index in [-0.39, 0.29) is 23.6 Å². The zero-order chi connectivity index (χ0) is 23.4. The van der Waals surface area contributed by atoms with E-state index in [4.69, 9.17) is 9.84 Å². The molecule has 0 aliphatic heterocycles. The number of carbonyl (C=O) groups excluding carboxylic acids is 1. The molecule has 1 amide bonds. The van der Waals surface area contributed by atoms with Gasteiger partial charge in [0, 0.05) is 13.6 Å². The number of amides is 1. The van der Waals surface area contributed by atoms with E-state index in [1.54, 1.807) is 25.2 Å². The number of hydrogen-bond acceptors (Lipinski definition) is 4. The van der Waals surface area contributed by atoms with Crippen LogP contribution < -0.4 is 4.74 Å². The number of aryl methyl sites for hydroxylation is 1. The first-order valence-electron chi connectivity index (χ1n) is 9.65. The second-order valence-electron chi connectivity index (χ2n) is 7.39. The molecular formula is C24H21Br2NO5. The molecule has 0 unspecified atom stereocenters. The van der Waals surface area contributed by atoms with Crippen LogP contribution in [0.5, 0.6) is 17.2 Å². The first-order valence-corrected chi connectivity index (χ1v) is 11.2. The summed E-state index contributed by atoms with van der Waals surface area (Å²) in [6.07, 6.45) is -0.122. The van der Waals surface area contributed by atoms with Crippen LogP contribution >= 0.6 is 31.9 Å². The van der Waals surface area contributed by atoms with E-state index in [0.717, 1.165) is 11.1 Å². The third-order valence-electron chi connectivity index (χ3n) is 4.68. The summed E-state index contributed by atoms with van der Waals surface area (Å²) < 4.78 is 7.05. The lowest BCUT2D eigenvalue weighted by atomic mass is 10.1. The average molecular weight is 563 g/mol. The summed E-state index contributed by atoms with van der Waals surface area (Å²) in [5, 5.41) is 19.3. The topological polar surface area (TPSA) is 87.1 Å². The van der Waals surface area contributed by atoms with Crippen molar-refractivity contribution < 1.29 is 24.5 Å². The fourth-order valence-corrected chi connectivity index (χ4v) is 4.66. The molecule has 166 valence electrons. The average Bonchev–Trinajstić information content (AvgIpc) is 2.71. The maximum absolute atomic E-state index is 13.0. The molecule has 0 bridgehead atoms. The fourth-order valence-electron chi connectivity index (χ4n) is 3.22. The number of ether oxygens (including phenoxy) is 1. The highest BCUT2D eigenvalue weighted by atomic mass is 79.9. The van der Waals surface area contributed by atoms with E-state index < -0.39 is 5.97 Å². The number of carboxylic acids is 1. The highest BCUT2D eigenvalue weighted by molar-refractivity contribution is 9.11. The number of phenolic OH excluding ortho intramolecular Hbond substituents is 1. The molecule has 2 N–H and O–H groups in total. The first-order chi connectivity index (χ1) is 15.1. The Morgan fingerprint density at radius 1 is 1.00 bits per heavy atom. The number of aliphatic carboxylic acids is 1. The second-order valence-corrected chi connectivity index (χ2v) is 9.10. The quantitative estimate of drug-likeness (QED) is 0.373. The predicted octanol–water partition coefficient (Wildman–Crippen LogP) is 5.92. The van der Waals surface area contributed by atoms with Gasteiger partial charge in [-0.05, 0) is 80.2 Å². The summed E-state index contributed by atoms with van der Waals surface area (Å²) in [5.41, 5.74) is 2.81. The van der Waals surface area contributed by atoms with Crippen molar-refractivity contribution in [3.63, 3.8) is 0 Å². The molecule has 3 rings (SSSR count). The van der Waals surface area contributed by atoms with E-state index in [2.05, 4.69) is 31.9 Å². The van der Waals surface area contributed by atoms with E-state index in [1.807, 2.05) is 31.2 Å².